The van der Waals surface area contributed by atoms with Gasteiger partial charge in [-0.3, -0.25) is 0 Å². The summed E-state index contributed by atoms with van der Waals surface area (Å²) in [7, 11) is 0. The largest absolute Gasteiger partial charge is 0.469 e. The molecule has 0 aliphatic heterocycles. The zero-order valence-electron chi connectivity index (χ0n) is 19.2. The molecule has 0 radical (unpaired) electrons. The Morgan fingerprint density at radius 2 is 1.73 bits per heavy atom. The van der Waals surface area contributed by atoms with E-state index in [0.717, 1.165) is 18.6 Å². The standard InChI is InChI=1S/C25H34O5/c1-8-14(3)23(26)29-21-11-18-10-20-19(16(5)13-28-20)12-25(18,7)17(6)22(21)30-24(27)15(4)9-2/h8-9,13,17-18,21-22H,10-12H2,1-7H3/b14-8-,15-9-/t17-,18+,21-,22-,25-/m0/s1. The zero-order chi connectivity index (χ0) is 22.2. The van der Waals surface area contributed by atoms with Crippen LogP contribution in [0.2, 0.25) is 0 Å². The molecule has 1 aromatic heterocycles. The van der Waals surface area contributed by atoms with Crippen LogP contribution in [0.25, 0.3) is 0 Å². The number of hydrogen-bond donors (Lipinski definition) is 0. The summed E-state index contributed by atoms with van der Waals surface area (Å²) in [6.07, 6.45) is 6.68. The Morgan fingerprint density at radius 3 is 2.33 bits per heavy atom. The molecule has 0 aromatic carbocycles. The molecule has 1 fully saturated rings. The lowest BCUT2D eigenvalue weighted by molar-refractivity contribution is -0.188. The Hall–Kier alpha value is -2.30. The van der Waals surface area contributed by atoms with E-state index in [9.17, 15) is 9.59 Å². The highest BCUT2D eigenvalue weighted by Gasteiger charge is 2.55. The summed E-state index contributed by atoms with van der Waals surface area (Å²) in [5.41, 5.74) is 3.48. The average Bonchev–Trinajstić information content (AvgIpc) is 3.07. The molecule has 5 nitrogen and oxygen atoms in total. The van der Waals surface area contributed by atoms with Gasteiger partial charge in [0.1, 0.15) is 18.0 Å². The van der Waals surface area contributed by atoms with Crippen LogP contribution >= 0.6 is 0 Å². The molecule has 5 heteroatoms. The maximum Gasteiger partial charge on any atom is 0.333 e. The maximum atomic E-state index is 12.6. The third-order valence-corrected chi connectivity index (χ3v) is 7.54. The fourth-order valence-corrected chi connectivity index (χ4v) is 4.89. The van der Waals surface area contributed by atoms with Crippen molar-refractivity contribution in [1.82, 2.24) is 0 Å². The van der Waals surface area contributed by atoms with E-state index in [4.69, 9.17) is 13.9 Å². The molecule has 2 aliphatic rings. The first-order chi connectivity index (χ1) is 14.1. The van der Waals surface area contributed by atoms with Crippen LogP contribution in [0.15, 0.2) is 34.0 Å². The van der Waals surface area contributed by atoms with Crippen LogP contribution in [-0.2, 0) is 31.9 Å². The molecule has 2 aliphatic carbocycles. The molecule has 0 N–H and O–H groups in total. The number of furan rings is 1. The van der Waals surface area contributed by atoms with Crippen LogP contribution in [0.1, 0.15) is 64.9 Å². The predicted molar refractivity (Wildman–Crippen MR) is 115 cm³/mol. The zero-order valence-corrected chi connectivity index (χ0v) is 19.2. The summed E-state index contributed by atoms with van der Waals surface area (Å²) in [6, 6.07) is 0. The second kappa shape index (κ2) is 8.44. The van der Waals surface area contributed by atoms with Crippen molar-refractivity contribution in [2.75, 3.05) is 0 Å². The van der Waals surface area contributed by atoms with Crippen molar-refractivity contribution in [3.63, 3.8) is 0 Å². The number of hydrogen-bond acceptors (Lipinski definition) is 5. The molecule has 0 amide bonds. The van der Waals surface area contributed by atoms with E-state index in [2.05, 4.69) is 20.8 Å². The predicted octanol–water partition coefficient (Wildman–Crippen LogP) is 5.10. The van der Waals surface area contributed by atoms with Crippen molar-refractivity contribution in [2.24, 2.45) is 17.3 Å². The number of aryl methyl sites for hydroxylation is 1. The molecule has 0 bridgehead atoms. The van der Waals surface area contributed by atoms with Crippen LogP contribution in [0.4, 0.5) is 0 Å². The smallest absolute Gasteiger partial charge is 0.333 e. The van der Waals surface area contributed by atoms with Crippen LogP contribution in [0.5, 0.6) is 0 Å². The van der Waals surface area contributed by atoms with E-state index in [1.54, 1.807) is 26.0 Å². The lowest BCUT2D eigenvalue weighted by atomic mass is 9.54. The molecule has 0 unspecified atom stereocenters. The Bertz CT molecular complexity index is 889. The summed E-state index contributed by atoms with van der Waals surface area (Å²) in [4.78, 5) is 25.2. The van der Waals surface area contributed by atoms with Gasteiger partial charge in [0.25, 0.3) is 0 Å². The summed E-state index contributed by atoms with van der Waals surface area (Å²) in [6.45, 7) is 13.6. The average molecular weight is 415 g/mol. The minimum absolute atomic E-state index is 0.0241. The Labute approximate surface area is 179 Å². The van der Waals surface area contributed by atoms with E-state index in [1.165, 1.54) is 11.1 Å². The lowest BCUT2D eigenvalue weighted by Gasteiger charge is -2.53. The number of allylic oxidation sites excluding steroid dienone is 2. The van der Waals surface area contributed by atoms with Crippen molar-refractivity contribution in [3.8, 4) is 0 Å². The number of esters is 2. The van der Waals surface area contributed by atoms with Crippen molar-refractivity contribution in [1.29, 1.82) is 0 Å². The van der Waals surface area contributed by atoms with Crippen molar-refractivity contribution < 1.29 is 23.5 Å². The van der Waals surface area contributed by atoms with Crippen molar-refractivity contribution >= 4 is 11.9 Å². The molecule has 1 aromatic rings. The molecule has 5 atom stereocenters. The molecular weight excluding hydrogens is 380 g/mol. The quantitative estimate of drug-likeness (QED) is 0.506. The highest BCUT2D eigenvalue weighted by atomic mass is 16.6. The molecule has 1 heterocycles. The van der Waals surface area contributed by atoms with Crippen molar-refractivity contribution in [3.05, 3.63) is 46.4 Å². The highest BCUT2D eigenvalue weighted by Crippen LogP contribution is 2.54. The van der Waals surface area contributed by atoms with Gasteiger partial charge in [0.15, 0.2) is 0 Å². The van der Waals surface area contributed by atoms with Crippen LogP contribution < -0.4 is 0 Å². The van der Waals surface area contributed by atoms with Gasteiger partial charge in [0, 0.05) is 23.5 Å². The molecule has 1 saturated carbocycles. The Balaban J connectivity index is 1.95. The summed E-state index contributed by atoms with van der Waals surface area (Å²) >= 11 is 0. The molecule has 3 rings (SSSR count). The second-order valence-corrected chi connectivity index (χ2v) is 9.19. The first-order valence-corrected chi connectivity index (χ1v) is 10.9. The monoisotopic (exact) mass is 414 g/mol. The van der Waals surface area contributed by atoms with Gasteiger partial charge in [-0.2, -0.15) is 0 Å². The normalized spacial score (nSPS) is 31.6. The minimum atomic E-state index is -0.490. The lowest BCUT2D eigenvalue weighted by Crippen LogP contribution is -2.57. The van der Waals surface area contributed by atoms with Crippen molar-refractivity contribution in [2.45, 2.75) is 79.9 Å². The fourth-order valence-electron chi connectivity index (χ4n) is 4.89. The molecule has 164 valence electrons. The fraction of sp³-hybridized carbons (Fsp3) is 0.600. The maximum absolute atomic E-state index is 12.6. The molecule has 0 saturated heterocycles. The van der Waals surface area contributed by atoms with Gasteiger partial charge >= 0.3 is 11.9 Å². The highest BCUT2D eigenvalue weighted by molar-refractivity contribution is 5.88. The number of carbonyl (C=O) groups excluding carboxylic acids is 2. The second-order valence-electron chi connectivity index (χ2n) is 9.19. The van der Waals surface area contributed by atoms with E-state index < -0.39 is 12.2 Å². The Kier molecular flexibility index (Phi) is 6.30. The van der Waals surface area contributed by atoms with Gasteiger partial charge in [0.2, 0.25) is 0 Å². The molecule has 30 heavy (non-hydrogen) atoms. The Morgan fingerprint density at radius 1 is 1.13 bits per heavy atom. The summed E-state index contributed by atoms with van der Waals surface area (Å²) in [5.74, 6) is 0.642. The molecular formula is C25H34O5. The van der Waals surface area contributed by atoms with Crippen LogP contribution in [0.3, 0.4) is 0 Å². The van der Waals surface area contributed by atoms with Gasteiger partial charge in [0.05, 0.1) is 6.26 Å². The van der Waals surface area contributed by atoms with Gasteiger partial charge in [-0.1, -0.05) is 26.0 Å². The van der Waals surface area contributed by atoms with Gasteiger partial charge < -0.3 is 13.9 Å². The number of carbonyl (C=O) groups is 2. The van der Waals surface area contributed by atoms with Gasteiger partial charge in [-0.25, -0.2) is 9.59 Å². The SMILES string of the molecule is C/C=C(/C)C(=O)O[C@@H]1[C@@H](OC(=O)/C(C)=C\C)C[C@H]2Cc3occ(C)c3C[C@@]2(C)[C@H]1C. The number of rotatable bonds is 4. The van der Waals surface area contributed by atoms with Crippen LogP contribution in [0, 0.1) is 24.2 Å². The van der Waals surface area contributed by atoms with E-state index in [0.29, 0.717) is 17.6 Å². The van der Waals surface area contributed by atoms with E-state index >= 15 is 0 Å². The number of ether oxygens (including phenoxy) is 2. The third kappa shape index (κ3) is 3.86. The van der Waals surface area contributed by atoms with Gasteiger partial charge in [-0.15, -0.1) is 0 Å². The third-order valence-electron chi connectivity index (χ3n) is 7.54. The van der Waals surface area contributed by atoms with E-state index in [-0.39, 0.29) is 29.2 Å². The van der Waals surface area contributed by atoms with Gasteiger partial charge in [-0.05, 0) is 69.9 Å². The first kappa shape index (κ1) is 22.4. The summed E-state index contributed by atoms with van der Waals surface area (Å²) < 4.78 is 17.7. The minimum Gasteiger partial charge on any atom is -0.469 e. The molecule has 0 spiro atoms. The topological polar surface area (TPSA) is 65.7 Å². The summed E-state index contributed by atoms with van der Waals surface area (Å²) in [5, 5.41) is 0. The first-order valence-electron chi connectivity index (χ1n) is 10.9. The van der Waals surface area contributed by atoms with Crippen LogP contribution in [-0.4, -0.2) is 24.1 Å². The number of fused-ring (bicyclic) bond motifs is 2. The van der Waals surface area contributed by atoms with E-state index in [1.807, 2.05) is 20.1 Å².